The number of amides is 2. The van der Waals surface area contributed by atoms with E-state index in [2.05, 4.69) is 0 Å². The second-order valence-electron chi connectivity index (χ2n) is 3.66. The van der Waals surface area contributed by atoms with Crippen LogP contribution in [0.4, 0.5) is 0 Å². The van der Waals surface area contributed by atoms with Crippen molar-refractivity contribution in [3.8, 4) is 0 Å². The van der Waals surface area contributed by atoms with Crippen molar-refractivity contribution in [3.05, 3.63) is 11.5 Å². The van der Waals surface area contributed by atoms with Crippen molar-refractivity contribution in [1.29, 1.82) is 0 Å². The molecule has 0 aliphatic heterocycles. The third-order valence-corrected chi connectivity index (χ3v) is 2.23. The van der Waals surface area contributed by atoms with E-state index in [9.17, 15) is 19.2 Å². The molecule has 0 N–H and O–H groups in total. The van der Waals surface area contributed by atoms with Crippen LogP contribution >= 0.6 is 0 Å². The molecule has 1 aliphatic carbocycles. The molecule has 92 valence electrons. The Labute approximate surface area is 98.2 Å². The minimum Gasteiger partial charge on any atom is -0.429 e. The maximum atomic E-state index is 11.6. The topological polar surface area (TPSA) is 80.8 Å². The normalized spacial score (nSPS) is 14.9. The number of allylic oxidation sites excluding steroid dienone is 2. The van der Waals surface area contributed by atoms with Gasteiger partial charge in [0, 0.05) is 33.6 Å². The molecule has 0 bridgehead atoms. The lowest BCUT2D eigenvalue weighted by atomic mass is 10.3. The zero-order valence-corrected chi connectivity index (χ0v) is 9.90. The second-order valence-corrected chi connectivity index (χ2v) is 3.66. The van der Waals surface area contributed by atoms with Crippen molar-refractivity contribution >= 4 is 23.6 Å². The standard InChI is InChI=1S/C11H13NO5/c1-6(13)12(7(2)14)11-9(16)4-5-10(11)17-8(3)15/h4-5H2,1-3H3. The van der Waals surface area contributed by atoms with Gasteiger partial charge in [0.25, 0.3) is 0 Å². The summed E-state index contributed by atoms with van der Waals surface area (Å²) < 4.78 is 4.85. The van der Waals surface area contributed by atoms with Crippen LogP contribution in [0.3, 0.4) is 0 Å². The SMILES string of the molecule is CC(=O)OC1=C(N(C(C)=O)C(C)=O)C(=O)CC1. The highest BCUT2D eigenvalue weighted by Gasteiger charge is 2.34. The summed E-state index contributed by atoms with van der Waals surface area (Å²) in [5, 5.41) is 0. The molecular formula is C11H13NO5. The van der Waals surface area contributed by atoms with E-state index in [0.29, 0.717) is 0 Å². The Bertz CT molecular complexity index is 421. The van der Waals surface area contributed by atoms with Gasteiger partial charge < -0.3 is 4.74 Å². The average Bonchev–Trinajstić information content (AvgIpc) is 2.48. The molecule has 6 heteroatoms. The second kappa shape index (κ2) is 4.90. The summed E-state index contributed by atoms with van der Waals surface area (Å²) in [6, 6.07) is 0. The molecule has 1 rings (SSSR count). The van der Waals surface area contributed by atoms with E-state index in [1.807, 2.05) is 0 Å². The van der Waals surface area contributed by atoms with Crippen LogP contribution < -0.4 is 0 Å². The van der Waals surface area contributed by atoms with E-state index in [4.69, 9.17) is 4.74 Å². The van der Waals surface area contributed by atoms with Gasteiger partial charge in [-0.1, -0.05) is 0 Å². The fourth-order valence-electron chi connectivity index (χ4n) is 1.68. The first kappa shape index (κ1) is 13.1. The molecule has 6 nitrogen and oxygen atoms in total. The number of ketones is 1. The Balaban J connectivity index is 3.19. The van der Waals surface area contributed by atoms with Crippen molar-refractivity contribution in [2.75, 3.05) is 0 Å². The molecule has 0 fully saturated rings. The van der Waals surface area contributed by atoms with Crippen molar-refractivity contribution in [2.45, 2.75) is 33.6 Å². The quantitative estimate of drug-likeness (QED) is 0.656. The average molecular weight is 239 g/mol. The van der Waals surface area contributed by atoms with Crippen LogP contribution in [0.25, 0.3) is 0 Å². The predicted octanol–water partition coefficient (Wildman–Crippen LogP) is 0.519. The van der Waals surface area contributed by atoms with Crippen molar-refractivity contribution in [2.24, 2.45) is 0 Å². The molecule has 0 radical (unpaired) electrons. The predicted molar refractivity (Wildman–Crippen MR) is 56.2 cm³/mol. The van der Waals surface area contributed by atoms with Crippen LogP contribution in [-0.2, 0) is 23.9 Å². The van der Waals surface area contributed by atoms with Gasteiger partial charge in [0.2, 0.25) is 11.8 Å². The molecule has 0 atom stereocenters. The van der Waals surface area contributed by atoms with E-state index in [1.165, 1.54) is 20.8 Å². The van der Waals surface area contributed by atoms with Gasteiger partial charge in [-0.25, -0.2) is 4.90 Å². The molecule has 0 aromatic heterocycles. The zero-order valence-electron chi connectivity index (χ0n) is 9.90. The summed E-state index contributed by atoms with van der Waals surface area (Å²) in [6.07, 6.45) is 0.361. The van der Waals surface area contributed by atoms with E-state index >= 15 is 0 Å². The Morgan fingerprint density at radius 1 is 1.06 bits per heavy atom. The molecule has 0 aromatic carbocycles. The molecule has 17 heavy (non-hydrogen) atoms. The fourth-order valence-corrected chi connectivity index (χ4v) is 1.68. The van der Waals surface area contributed by atoms with E-state index in [1.54, 1.807) is 0 Å². The number of hydrogen-bond donors (Lipinski definition) is 0. The molecule has 0 saturated heterocycles. The molecule has 0 unspecified atom stereocenters. The van der Waals surface area contributed by atoms with Gasteiger partial charge in [-0.05, 0) is 0 Å². The summed E-state index contributed by atoms with van der Waals surface area (Å²) in [6.45, 7) is 3.54. The molecular weight excluding hydrogens is 226 g/mol. The minimum atomic E-state index is -0.584. The molecule has 0 heterocycles. The smallest absolute Gasteiger partial charge is 0.307 e. The first-order valence-corrected chi connectivity index (χ1v) is 5.10. The number of esters is 1. The van der Waals surface area contributed by atoms with Gasteiger partial charge in [-0.15, -0.1) is 0 Å². The van der Waals surface area contributed by atoms with Crippen LogP contribution in [-0.4, -0.2) is 28.5 Å². The maximum absolute atomic E-state index is 11.6. The van der Waals surface area contributed by atoms with E-state index in [0.717, 1.165) is 4.90 Å². The van der Waals surface area contributed by atoms with E-state index in [-0.39, 0.29) is 30.1 Å². The number of ether oxygens (including phenoxy) is 1. The highest BCUT2D eigenvalue weighted by Crippen LogP contribution is 2.27. The summed E-state index contributed by atoms with van der Waals surface area (Å²) in [5.41, 5.74) is -0.111. The summed E-state index contributed by atoms with van der Waals surface area (Å²) in [5.74, 6) is -2.02. The number of carbonyl (C=O) groups is 4. The third kappa shape index (κ3) is 2.77. The van der Waals surface area contributed by atoms with Gasteiger partial charge in [-0.3, -0.25) is 19.2 Å². The van der Waals surface area contributed by atoms with Gasteiger partial charge in [-0.2, -0.15) is 0 Å². The summed E-state index contributed by atoms with van der Waals surface area (Å²) in [4.78, 5) is 45.9. The molecule has 1 aliphatic rings. The van der Waals surface area contributed by atoms with Gasteiger partial charge in [0.05, 0.1) is 0 Å². The molecule has 0 spiro atoms. The third-order valence-electron chi connectivity index (χ3n) is 2.23. The minimum absolute atomic E-state index is 0.0906. The number of Topliss-reactive ketones (excluding diaryl/α,β-unsaturated/α-hetero) is 1. The molecule has 0 aromatic rings. The molecule has 2 amide bonds. The zero-order chi connectivity index (χ0) is 13.2. The van der Waals surface area contributed by atoms with E-state index < -0.39 is 17.8 Å². The lowest BCUT2D eigenvalue weighted by Crippen LogP contribution is -2.35. The highest BCUT2D eigenvalue weighted by molar-refractivity contribution is 6.08. The Hall–Kier alpha value is -1.98. The number of imide groups is 1. The Morgan fingerprint density at radius 2 is 1.59 bits per heavy atom. The van der Waals surface area contributed by atoms with Crippen LogP contribution in [0.5, 0.6) is 0 Å². The largest absolute Gasteiger partial charge is 0.429 e. The van der Waals surface area contributed by atoms with Crippen molar-refractivity contribution in [1.82, 2.24) is 4.90 Å². The number of carbonyl (C=O) groups excluding carboxylic acids is 4. The maximum Gasteiger partial charge on any atom is 0.307 e. The number of hydrogen-bond acceptors (Lipinski definition) is 5. The van der Waals surface area contributed by atoms with Crippen LogP contribution in [0, 0.1) is 0 Å². The molecule has 0 saturated carbocycles. The number of rotatable bonds is 2. The highest BCUT2D eigenvalue weighted by atomic mass is 16.5. The van der Waals surface area contributed by atoms with Crippen LogP contribution in [0.1, 0.15) is 33.6 Å². The summed E-state index contributed by atoms with van der Waals surface area (Å²) in [7, 11) is 0. The first-order valence-electron chi connectivity index (χ1n) is 5.10. The van der Waals surface area contributed by atoms with Gasteiger partial charge in [0.1, 0.15) is 11.5 Å². The van der Waals surface area contributed by atoms with Crippen molar-refractivity contribution in [3.63, 3.8) is 0 Å². The lowest BCUT2D eigenvalue weighted by Gasteiger charge is -2.18. The van der Waals surface area contributed by atoms with Gasteiger partial charge >= 0.3 is 5.97 Å². The van der Waals surface area contributed by atoms with Crippen LogP contribution in [0.2, 0.25) is 0 Å². The van der Waals surface area contributed by atoms with Gasteiger partial charge in [0.15, 0.2) is 5.78 Å². The summed E-state index contributed by atoms with van der Waals surface area (Å²) >= 11 is 0. The van der Waals surface area contributed by atoms with Crippen molar-refractivity contribution < 1.29 is 23.9 Å². The Morgan fingerprint density at radius 3 is 2.00 bits per heavy atom. The Kier molecular flexibility index (Phi) is 3.77. The number of nitrogens with zero attached hydrogens (tertiary/aromatic N) is 1. The fraction of sp³-hybridized carbons (Fsp3) is 0.455. The monoisotopic (exact) mass is 239 g/mol. The lowest BCUT2D eigenvalue weighted by molar-refractivity contribution is -0.143. The first-order chi connectivity index (χ1) is 7.84. The van der Waals surface area contributed by atoms with Crippen LogP contribution in [0.15, 0.2) is 11.5 Å².